The van der Waals surface area contributed by atoms with Crippen LogP contribution in [0.15, 0.2) is 78.9 Å². The number of methoxy groups -OCH3 is 1. The lowest BCUT2D eigenvalue weighted by molar-refractivity contribution is 0.0730. The van der Waals surface area contributed by atoms with Crippen molar-refractivity contribution in [1.82, 2.24) is 0 Å². The average molecular weight is 376 g/mol. The van der Waals surface area contributed by atoms with Gasteiger partial charge >= 0.3 is 5.97 Å². The van der Waals surface area contributed by atoms with Gasteiger partial charge in [0.1, 0.15) is 17.3 Å². The van der Waals surface area contributed by atoms with Gasteiger partial charge in [0.05, 0.1) is 12.7 Å². The number of hydrogen-bond acceptors (Lipinski definition) is 4. The Morgan fingerprint density at radius 1 is 0.893 bits per heavy atom. The third-order valence-electron chi connectivity index (χ3n) is 4.00. The Labute approximate surface area is 161 Å². The second-order valence-electron chi connectivity index (χ2n) is 5.83. The van der Waals surface area contributed by atoms with E-state index in [0.29, 0.717) is 11.3 Å². The van der Waals surface area contributed by atoms with Crippen LogP contribution in [0.5, 0.6) is 11.5 Å². The van der Waals surface area contributed by atoms with Crippen molar-refractivity contribution in [3.63, 3.8) is 0 Å². The second kappa shape index (κ2) is 8.77. The minimum absolute atomic E-state index is 0.151. The van der Waals surface area contributed by atoms with Crippen LogP contribution >= 0.6 is 0 Å². The number of ether oxygens (including phenoxy) is 2. The number of ketones is 1. The molecule has 4 nitrogen and oxygen atoms in total. The molecule has 0 saturated heterocycles. The fourth-order valence-corrected chi connectivity index (χ4v) is 2.54. The number of carbonyl (C=O) groups is 2. The first kappa shape index (κ1) is 19.0. The van der Waals surface area contributed by atoms with Gasteiger partial charge in [-0.3, -0.25) is 4.79 Å². The van der Waals surface area contributed by atoms with Gasteiger partial charge in [0, 0.05) is 11.1 Å². The molecule has 0 saturated carbocycles. The van der Waals surface area contributed by atoms with E-state index in [-0.39, 0.29) is 17.1 Å². The molecular weight excluding hydrogens is 359 g/mol. The van der Waals surface area contributed by atoms with Gasteiger partial charge < -0.3 is 9.47 Å². The summed E-state index contributed by atoms with van der Waals surface area (Å²) >= 11 is 0. The highest BCUT2D eigenvalue weighted by Crippen LogP contribution is 2.20. The summed E-state index contributed by atoms with van der Waals surface area (Å²) in [5, 5.41) is 0. The third-order valence-corrected chi connectivity index (χ3v) is 4.00. The Hall–Kier alpha value is -3.73. The van der Waals surface area contributed by atoms with Crippen molar-refractivity contribution in [3.8, 4) is 11.5 Å². The van der Waals surface area contributed by atoms with Crippen molar-refractivity contribution in [2.24, 2.45) is 0 Å². The summed E-state index contributed by atoms with van der Waals surface area (Å²) in [6.07, 6.45) is 3.12. The number of benzene rings is 3. The highest BCUT2D eigenvalue weighted by atomic mass is 19.1. The van der Waals surface area contributed by atoms with Crippen LogP contribution in [0.3, 0.4) is 0 Å². The molecule has 0 atom stereocenters. The van der Waals surface area contributed by atoms with Crippen LogP contribution in [0.2, 0.25) is 0 Å². The first-order valence-corrected chi connectivity index (χ1v) is 8.50. The first-order valence-electron chi connectivity index (χ1n) is 8.50. The number of hydrogen-bond donors (Lipinski definition) is 0. The van der Waals surface area contributed by atoms with E-state index in [1.807, 2.05) is 24.3 Å². The van der Waals surface area contributed by atoms with Crippen molar-refractivity contribution in [1.29, 1.82) is 0 Å². The molecule has 0 spiro atoms. The van der Waals surface area contributed by atoms with Gasteiger partial charge in [-0.25, -0.2) is 9.18 Å². The molecule has 0 bridgehead atoms. The smallest absolute Gasteiger partial charge is 0.346 e. The lowest BCUT2D eigenvalue weighted by Crippen LogP contribution is -2.10. The van der Waals surface area contributed by atoms with Crippen molar-refractivity contribution in [3.05, 3.63) is 101 Å². The van der Waals surface area contributed by atoms with Crippen LogP contribution in [0.25, 0.3) is 6.08 Å². The Morgan fingerprint density at radius 3 is 2.29 bits per heavy atom. The molecular formula is C23H17FO4. The molecule has 3 aromatic rings. The summed E-state index contributed by atoms with van der Waals surface area (Å²) in [4.78, 5) is 24.4. The quantitative estimate of drug-likeness (QED) is 0.264. The van der Waals surface area contributed by atoms with E-state index in [1.165, 1.54) is 36.4 Å². The zero-order valence-electron chi connectivity index (χ0n) is 15.1. The molecule has 0 aliphatic rings. The number of rotatable bonds is 6. The lowest BCUT2D eigenvalue weighted by atomic mass is 10.1. The maximum absolute atomic E-state index is 13.6. The number of esters is 1. The average Bonchev–Trinajstić information content (AvgIpc) is 2.73. The van der Waals surface area contributed by atoms with Gasteiger partial charge in [0.15, 0.2) is 5.78 Å². The van der Waals surface area contributed by atoms with Gasteiger partial charge in [-0.05, 0) is 54.6 Å². The van der Waals surface area contributed by atoms with Crippen LogP contribution in [0.1, 0.15) is 26.3 Å². The number of carbonyl (C=O) groups excluding carboxylic acids is 2. The molecule has 28 heavy (non-hydrogen) atoms. The molecule has 0 N–H and O–H groups in total. The Kier molecular flexibility index (Phi) is 5.97. The molecule has 0 heterocycles. The van der Waals surface area contributed by atoms with Crippen LogP contribution < -0.4 is 9.47 Å². The van der Waals surface area contributed by atoms with E-state index in [0.717, 1.165) is 5.56 Å². The van der Waals surface area contributed by atoms with Gasteiger partial charge in [0.2, 0.25) is 0 Å². The Morgan fingerprint density at radius 2 is 1.57 bits per heavy atom. The molecule has 0 aromatic heterocycles. The van der Waals surface area contributed by atoms with Crippen LogP contribution in [-0.4, -0.2) is 18.9 Å². The van der Waals surface area contributed by atoms with Gasteiger partial charge in [-0.1, -0.05) is 30.3 Å². The monoisotopic (exact) mass is 376 g/mol. The molecule has 140 valence electrons. The summed E-state index contributed by atoms with van der Waals surface area (Å²) in [5.41, 5.74) is 1.06. The zero-order valence-corrected chi connectivity index (χ0v) is 15.1. The van der Waals surface area contributed by atoms with E-state index >= 15 is 0 Å². The van der Waals surface area contributed by atoms with Crippen LogP contribution in [-0.2, 0) is 0 Å². The molecule has 0 amide bonds. The van der Waals surface area contributed by atoms with E-state index in [4.69, 9.17) is 9.47 Å². The molecule has 0 radical (unpaired) electrons. The van der Waals surface area contributed by atoms with E-state index in [2.05, 4.69) is 0 Å². The maximum atomic E-state index is 13.6. The molecule has 0 fully saturated rings. The molecule has 5 heteroatoms. The summed E-state index contributed by atoms with van der Waals surface area (Å²) in [6.45, 7) is 0. The van der Waals surface area contributed by atoms with Crippen LogP contribution in [0, 0.1) is 5.82 Å². The van der Waals surface area contributed by atoms with Gasteiger partial charge in [-0.15, -0.1) is 0 Å². The predicted octanol–water partition coefficient (Wildman–Crippen LogP) is 4.95. The Balaban J connectivity index is 1.68. The van der Waals surface area contributed by atoms with Crippen LogP contribution in [0.4, 0.5) is 4.39 Å². The van der Waals surface area contributed by atoms with Crippen molar-refractivity contribution < 1.29 is 23.5 Å². The molecule has 0 aliphatic heterocycles. The summed E-state index contributed by atoms with van der Waals surface area (Å²) in [7, 11) is 1.57. The zero-order chi connectivity index (χ0) is 19.9. The fourth-order valence-electron chi connectivity index (χ4n) is 2.54. The normalized spacial score (nSPS) is 10.6. The molecule has 0 unspecified atom stereocenters. The Bertz CT molecular complexity index is 1020. The van der Waals surface area contributed by atoms with Gasteiger partial charge in [0.25, 0.3) is 0 Å². The molecule has 3 rings (SSSR count). The fraction of sp³-hybridized carbons (Fsp3) is 0.0435. The topological polar surface area (TPSA) is 52.6 Å². The highest BCUT2D eigenvalue weighted by molar-refractivity contribution is 6.07. The minimum atomic E-state index is -0.798. The first-order chi connectivity index (χ1) is 13.6. The SMILES string of the molecule is COc1ccccc1/C=C/C(=O)c1ccc(OC(=O)c2ccccc2F)cc1. The van der Waals surface area contributed by atoms with Crippen molar-refractivity contribution >= 4 is 17.8 Å². The number of allylic oxidation sites excluding steroid dienone is 1. The van der Waals surface area contributed by atoms with E-state index in [9.17, 15) is 14.0 Å². The molecule has 3 aromatic carbocycles. The van der Waals surface area contributed by atoms with Crippen molar-refractivity contribution in [2.75, 3.05) is 7.11 Å². The summed E-state index contributed by atoms with van der Waals surface area (Å²) in [5.74, 6) is -0.771. The number of halogens is 1. The number of para-hydroxylation sites is 1. The lowest BCUT2D eigenvalue weighted by Gasteiger charge is -2.06. The minimum Gasteiger partial charge on any atom is -0.496 e. The highest BCUT2D eigenvalue weighted by Gasteiger charge is 2.13. The summed E-state index contributed by atoms with van der Waals surface area (Å²) < 4.78 is 24.0. The van der Waals surface area contributed by atoms with E-state index in [1.54, 1.807) is 31.4 Å². The second-order valence-corrected chi connectivity index (χ2v) is 5.83. The molecule has 0 aliphatic carbocycles. The largest absolute Gasteiger partial charge is 0.496 e. The van der Waals surface area contributed by atoms with E-state index < -0.39 is 11.8 Å². The summed E-state index contributed by atoms with van der Waals surface area (Å²) in [6, 6.07) is 19.0. The standard InChI is InChI=1S/C23H17FO4/c1-27-22-9-5-2-6-17(22)12-15-21(25)16-10-13-18(14-11-16)28-23(26)19-7-3-4-8-20(19)24/h2-15H,1H3/b15-12+. The van der Waals surface area contributed by atoms with Gasteiger partial charge in [-0.2, -0.15) is 0 Å². The predicted molar refractivity (Wildman–Crippen MR) is 104 cm³/mol. The third kappa shape index (κ3) is 4.51. The van der Waals surface area contributed by atoms with Crippen molar-refractivity contribution in [2.45, 2.75) is 0 Å². The maximum Gasteiger partial charge on any atom is 0.346 e.